The van der Waals surface area contributed by atoms with Crippen LogP contribution in [-0.4, -0.2) is 30.1 Å². The highest BCUT2D eigenvalue weighted by Gasteiger charge is 2.42. The first kappa shape index (κ1) is 14.0. The summed E-state index contributed by atoms with van der Waals surface area (Å²) in [5, 5.41) is 3.86. The minimum atomic E-state index is -0.107. The number of amides is 2. The van der Waals surface area contributed by atoms with E-state index in [-0.39, 0.29) is 12.1 Å². The van der Waals surface area contributed by atoms with Gasteiger partial charge in [0.25, 0.3) is 0 Å². The van der Waals surface area contributed by atoms with Gasteiger partial charge in [0, 0.05) is 34.9 Å². The second-order valence-corrected chi connectivity index (χ2v) is 6.53. The molecule has 108 valence electrons. The summed E-state index contributed by atoms with van der Waals surface area (Å²) < 4.78 is 0. The van der Waals surface area contributed by atoms with Crippen molar-refractivity contribution >= 4 is 34.9 Å². The zero-order valence-corrected chi connectivity index (χ0v) is 12.5. The van der Waals surface area contributed by atoms with Crippen LogP contribution in [0, 0.1) is 11.8 Å². The van der Waals surface area contributed by atoms with Crippen molar-refractivity contribution in [3.05, 3.63) is 28.2 Å². The van der Waals surface area contributed by atoms with Gasteiger partial charge in [-0.05, 0) is 42.9 Å². The molecule has 3 N–H and O–H groups in total. The third-order valence-electron chi connectivity index (χ3n) is 4.31. The Bertz CT molecular complexity index is 517. The normalized spacial score (nSPS) is 28.6. The number of hydrogen-bond acceptors (Lipinski definition) is 2. The number of nitrogens with one attached hydrogen (secondary N) is 1. The average Bonchev–Trinajstić information content (AvgIpc) is 2.91. The van der Waals surface area contributed by atoms with E-state index < -0.39 is 0 Å². The summed E-state index contributed by atoms with van der Waals surface area (Å²) in [6, 6.07) is 5.14. The third-order valence-corrected chi connectivity index (χ3v) is 4.75. The second-order valence-electron chi connectivity index (χ2n) is 5.66. The Morgan fingerprint density at radius 1 is 1.20 bits per heavy atom. The van der Waals surface area contributed by atoms with Crippen molar-refractivity contribution in [3.63, 3.8) is 0 Å². The van der Waals surface area contributed by atoms with Crippen LogP contribution in [0.3, 0.4) is 0 Å². The van der Waals surface area contributed by atoms with Gasteiger partial charge in [-0.1, -0.05) is 23.2 Å². The quantitative estimate of drug-likeness (QED) is 0.836. The molecule has 2 amide bonds. The van der Waals surface area contributed by atoms with E-state index in [1.807, 2.05) is 4.90 Å². The number of nitrogens with two attached hydrogens (primary N) is 1. The molecule has 1 aromatic carbocycles. The number of urea groups is 1. The van der Waals surface area contributed by atoms with Crippen LogP contribution < -0.4 is 11.1 Å². The summed E-state index contributed by atoms with van der Waals surface area (Å²) in [5.41, 5.74) is 6.70. The molecule has 2 fully saturated rings. The van der Waals surface area contributed by atoms with Crippen molar-refractivity contribution in [2.24, 2.45) is 17.6 Å². The van der Waals surface area contributed by atoms with Gasteiger partial charge in [0.1, 0.15) is 0 Å². The van der Waals surface area contributed by atoms with Crippen LogP contribution in [0.15, 0.2) is 18.2 Å². The molecule has 0 bridgehead atoms. The molecule has 3 unspecified atom stereocenters. The van der Waals surface area contributed by atoms with Crippen molar-refractivity contribution in [3.8, 4) is 0 Å². The van der Waals surface area contributed by atoms with Crippen LogP contribution in [0.5, 0.6) is 0 Å². The number of halogens is 2. The molecule has 1 aromatic rings. The highest BCUT2D eigenvalue weighted by atomic mass is 35.5. The Kier molecular flexibility index (Phi) is 3.80. The van der Waals surface area contributed by atoms with Crippen molar-refractivity contribution in [2.45, 2.75) is 18.9 Å². The van der Waals surface area contributed by atoms with E-state index in [0.29, 0.717) is 27.6 Å². The van der Waals surface area contributed by atoms with Gasteiger partial charge in [-0.25, -0.2) is 4.79 Å². The second kappa shape index (κ2) is 5.43. The van der Waals surface area contributed by atoms with Crippen molar-refractivity contribution in [1.82, 2.24) is 4.90 Å². The minimum Gasteiger partial charge on any atom is -0.327 e. The molecule has 1 aliphatic carbocycles. The summed E-state index contributed by atoms with van der Waals surface area (Å²) in [6.07, 6.45) is 2.20. The Balaban J connectivity index is 1.65. The number of rotatable bonds is 1. The number of benzene rings is 1. The molecule has 20 heavy (non-hydrogen) atoms. The highest BCUT2D eigenvalue weighted by molar-refractivity contribution is 6.35. The van der Waals surface area contributed by atoms with E-state index in [0.717, 1.165) is 25.9 Å². The molecule has 2 aliphatic rings. The monoisotopic (exact) mass is 313 g/mol. The molecule has 1 heterocycles. The van der Waals surface area contributed by atoms with E-state index in [9.17, 15) is 4.79 Å². The number of fused-ring (bicyclic) bond motifs is 1. The molecular weight excluding hydrogens is 297 g/mol. The lowest BCUT2D eigenvalue weighted by Crippen LogP contribution is -2.36. The smallest absolute Gasteiger partial charge is 0.321 e. The third kappa shape index (κ3) is 2.73. The zero-order valence-electron chi connectivity index (χ0n) is 11.0. The van der Waals surface area contributed by atoms with Crippen molar-refractivity contribution in [2.75, 3.05) is 18.4 Å². The predicted molar refractivity (Wildman–Crippen MR) is 81.2 cm³/mol. The number of anilines is 1. The molecular formula is C14H17Cl2N3O. The topological polar surface area (TPSA) is 58.4 Å². The first-order valence-electron chi connectivity index (χ1n) is 6.80. The molecule has 1 saturated carbocycles. The maximum absolute atomic E-state index is 12.3. The first-order chi connectivity index (χ1) is 9.52. The number of carbonyl (C=O) groups excluding carboxylic acids is 1. The summed E-state index contributed by atoms with van der Waals surface area (Å²) in [5.74, 6) is 1.00. The molecule has 0 radical (unpaired) electrons. The molecule has 3 atom stereocenters. The molecule has 6 heteroatoms. The molecule has 0 spiro atoms. The van der Waals surface area contributed by atoms with E-state index in [1.54, 1.807) is 18.2 Å². The molecule has 4 nitrogen and oxygen atoms in total. The van der Waals surface area contributed by atoms with E-state index >= 15 is 0 Å². The Hall–Kier alpha value is -0.970. The maximum atomic E-state index is 12.3. The van der Waals surface area contributed by atoms with Crippen molar-refractivity contribution in [1.29, 1.82) is 0 Å². The van der Waals surface area contributed by atoms with Gasteiger partial charge in [-0.15, -0.1) is 0 Å². The van der Waals surface area contributed by atoms with Gasteiger partial charge >= 0.3 is 6.03 Å². The van der Waals surface area contributed by atoms with E-state index in [2.05, 4.69) is 5.32 Å². The Morgan fingerprint density at radius 3 is 2.55 bits per heavy atom. The fourth-order valence-corrected chi connectivity index (χ4v) is 3.83. The van der Waals surface area contributed by atoms with Gasteiger partial charge < -0.3 is 16.0 Å². The summed E-state index contributed by atoms with van der Waals surface area (Å²) >= 11 is 11.8. The van der Waals surface area contributed by atoms with Crippen LogP contribution in [0.4, 0.5) is 10.5 Å². The highest BCUT2D eigenvalue weighted by Crippen LogP contribution is 2.37. The SMILES string of the molecule is NC1CCC2CN(C(=O)Nc3cc(Cl)cc(Cl)c3)CC12. The lowest BCUT2D eigenvalue weighted by Gasteiger charge is -2.19. The predicted octanol–water partition coefficient (Wildman–Crippen LogP) is 3.19. The standard InChI is InChI=1S/C14H17Cl2N3O/c15-9-3-10(16)5-11(4-9)18-14(20)19-6-8-1-2-13(17)12(8)7-19/h3-5,8,12-13H,1-2,6-7,17H2,(H,18,20). The van der Waals surface area contributed by atoms with Crippen LogP contribution in [0.25, 0.3) is 0 Å². The van der Waals surface area contributed by atoms with E-state index in [4.69, 9.17) is 28.9 Å². The van der Waals surface area contributed by atoms with Crippen molar-refractivity contribution < 1.29 is 4.79 Å². The maximum Gasteiger partial charge on any atom is 0.321 e. The number of carbonyl (C=O) groups is 1. The number of nitrogens with zero attached hydrogens (tertiary/aromatic N) is 1. The van der Waals surface area contributed by atoms with E-state index in [1.165, 1.54) is 0 Å². The van der Waals surface area contributed by atoms with Gasteiger partial charge in [0.05, 0.1) is 0 Å². The summed E-state index contributed by atoms with van der Waals surface area (Å²) in [4.78, 5) is 14.1. The van der Waals surface area contributed by atoms with Crippen LogP contribution in [0.2, 0.25) is 10.0 Å². The fourth-order valence-electron chi connectivity index (χ4n) is 3.30. The minimum absolute atomic E-state index is 0.107. The largest absolute Gasteiger partial charge is 0.327 e. The van der Waals surface area contributed by atoms with Crippen LogP contribution in [-0.2, 0) is 0 Å². The number of hydrogen-bond donors (Lipinski definition) is 2. The summed E-state index contributed by atoms with van der Waals surface area (Å²) in [6.45, 7) is 1.53. The fraction of sp³-hybridized carbons (Fsp3) is 0.500. The van der Waals surface area contributed by atoms with Gasteiger partial charge in [0.15, 0.2) is 0 Å². The number of likely N-dealkylation sites (tertiary alicyclic amines) is 1. The molecule has 3 rings (SSSR count). The molecule has 0 aromatic heterocycles. The average molecular weight is 314 g/mol. The lowest BCUT2D eigenvalue weighted by molar-refractivity contribution is 0.218. The first-order valence-corrected chi connectivity index (χ1v) is 7.56. The lowest BCUT2D eigenvalue weighted by atomic mass is 9.98. The molecule has 1 aliphatic heterocycles. The zero-order chi connectivity index (χ0) is 14.3. The molecule has 1 saturated heterocycles. The van der Waals surface area contributed by atoms with Crippen LogP contribution >= 0.6 is 23.2 Å². The Morgan fingerprint density at radius 2 is 1.90 bits per heavy atom. The summed E-state index contributed by atoms with van der Waals surface area (Å²) in [7, 11) is 0. The van der Waals surface area contributed by atoms with Gasteiger partial charge in [0.2, 0.25) is 0 Å². The van der Waals surface area contributed by atoms with Gasteiger partial charge in [-0.3, -0.25) is 0 Å². The van der Waals surface area contributed by atoms with Gasteiger partial charge in [-0.2, -0.15) is 0 Å². The van der Waals surface area contributed by atoms with Crippen LogP contribution in [0.1, 0.15) is 12.8 Å². The Labute approximate surface area is 128 Å².